The quantitative estimate of drug-likeness (QED) is 0.638. The number of rotatable bonds is 4. The number of para-hydroxylation sites is 1. The molecular formula is C14H9BrF3N5OS. The smallest absolute Gasteiger partial charge is 0.324 e. The Balaban J connectivity index is 1.67. The molecule has 0 bridgehead atoms. The van der Waals surface area contributed by atoms with Gasteiger partial charge in [-0.25, -0.2) is 14.5 Å². The molecule has 0 radical (unpaired) electrons. The van der Waals surface area contributed by atoms with Crippen LogP contribution in [0, 0.1) is 0 Å². The molecule has 1 N–H and O–H groups in total. The van der Waals surface area contributed by atoms with Crippen LogP contribution in [0.4, 0.5) is 18.9 Å². The van der Waals surface area contributed by atoms with Crippen LogP contribution in [0.15, 0.2) is 46.3 Å². The highest BCUT2D eigenvalue weighted by Crippen LogP contribution is 2.28. The zero-order valence-corrected chi connectivity index (χ0v) is 14.7. The molecule has 1 amide bonds. The van der Waals surface area contributed by atoms with Gasteiger partial charge in [-0.2, -0.15) is 13.2 Å². The predicted molar refractivity (Wildman–Crippen MR) is 89.3 cm³/mol. The van der Waals surface area contributed by atoms with Gasteiger partial charge in [-0.05, 0) is 28.1 Å². The second-order valence-corrected chi connectivity index (χ2v) is 6.58. The van der Waals surface area contributed by atoms with E-state index in [1.54, 1.807) is 18.2 Å². The van der Waals surface area contributed by atoms with Crippen molar-refractivity contribution in [3.05, 3.63) is 46.8 Å². The molecule has 130 valence electrons. The van der Waals surface area contributed by atoms with Gasteiger partial charge in [-0.1, -0.05) is 23.9 Å². The van der Waals surface area contributed by atoms with Crippen LogP contribution >= 0.6 is 27.7 Å². The SMILES string of the molecule is O=C(CSc1nc2cc(C(F)(F)F)ncn2n1)Nc1ccccc1Br. The van der Waals surface area contributed by atoms with E-state index in [-0.39, 0.29) is 22.5 Å². The van der Waals surface area contributed by atoms with Gasteiger partial charge in [-0.3, -0.25) is 4.79 Å². The number of hydrogen-bond acceptors (Lipinski definition) is 5. The number of carbonyl (C=O) groups excluding carboxylic acids is 1. The van der Waals surface area contributed by atoms with E-state index in [0.717, 1.165) is 33.1 Å². The van der Waals surface area contributed by atoms with E-state index in [4.69, 9.17) is 0 Å². The first-order chi connectivity index (χ1) is 11.8. The second-order valence-electron chi connectivity index (χ2n) is 4.79. The Hall–Kier alpha value is -2.14. The molecule has 0 aliphatic carbocycles. The van der Waals surface area contributed by atoms with Gasteiger partial charge in [0.15, 0.2) is 5.65 Å². The normalized spacial score (nSPS) is 11.7. The number of amides is 1. The highest BCUT2D eigenvalue weighted by molar-refractivity contribution is 9.10. The van der Waals surface area contributed by atoms with Gasteiger partial charge >= 0.3 is 6.18 Å². The molecule has 1 aromatic carbocycles. The Morgan fingerprint density at radius 2 is 2.08 bits per heavy atom. The Morgan fingerprint density at radius 3 is 2.80 bits per heavy atom. The molecule has 0 atom stereocenters. The Morgan fingerprint density at radius 1 is 1.32 bits per heavy atom. The third-order valence-electron chi connectivity index (χ3n) is 2.98. The van der Waals surface area contributed by atoms with E-state index in [2.05, 4.69) is 36.3 Å². The average Bonchev–Trinajstić information content (AvgIpc) is 2.96. The number of anilines is 1. The van der Waals surface area contributed by atoms with Gasteiger partial charge in [0.25, 0.3) is 0 Å². The molecule has 2 heterocycles. The summed E-state index contributed by atoms with van der Waals surface area (Å²) >= 11 is 4.33. The van der Waals surface area contributed by atoms with Gasteiger partial charge in [0.05, 0.1) is 11.4 Å². The number of thioether (sulfide) groups is 1. The van der Waals surface area contributed by atoms with Crippen LogP contribution in [0.1, 0.15) is 5.69 Å². The van der Waals surface area contributed by atoms with Crippen LogP contribution in [0.5, 0.6) is 0 Å². The summed E-state index contributed by atoms with van der Waals surface area (Å²) in [6.45, 7) is 0. The summed E-state index contributed by atoms with van der Waals surface area (Å²) in [5, 5.41) is 6.88. The second kappa shape index (κ2) is 7.00. The summed E-state index contributed by atoms with van der Waals surface area (Å²) in [6, 6.07) is 7.93. The first kappa shape index (κ1) is 17.7. The number of hydrogen-bond donors (Lipinski definition) is 1. The van der Waals surface area contributed by atoms with Crippen LogP contribution in [-0.2, 0) is 11.0 Å². The van der Waals surface area contributed by atoms with Crippen LogP contribution < -0.4 is 5.32 Å². The van der Waals surface area contributed by atoms with Crippen molar-refractivity contribution in [1.82, 2.24) is 19.6 Å². The summed E-state index contributed by atoms with van der Waals surface area (Å²) in [4.78, 5) is 19.2. The van der Waals surface area contributed by atoms with Gasteiger partial charge in [0, 0.05) is 10.5 Å². The van der Waals surface area contributed by atoms with Gasteiger partial charge in [-0.15, -0.1) is 5.10 Å². The fourth-order valence-electron chi connectivity index (χ4n) is 1.87. The zero-order chi connectivity index (χ0) is 18.0. The fourth-order valence-corrected chi connectivity index (χ4v) is 2.89. The summed E-state index contributed by atoms with van der Waals surface area (Å²) in [7, 11) is 0. The summed E-state index contributed by atoms with van der Waals surface area (Å²) in [5.74, 6) is -0.275. The molecule has 0 aliphatic rings. The zero-order valence-electron chi connectivity index (χ0n) is 12.3. The molecule has 2 aromatic heterocycles. The summed E-state index contributed by atoms with van der Waals surface area (Å²) < 4.78 is 39.8. The van der Waals surface area contributed by atoms with Crippen molar-refractivity contribution in [3.8, 4) is 0 Å². The van der Waals surface area contributed by atoms with Crippen molar-refractivity contribution in [2.75, 3.05) is 11.1 Å². The number of aromatic nitrogens is 4. The van der Waals surface area contributed by atoms with E-state index >= 15 is 0 Å². The number of alkyl halides is 3. The number of fused-ring (bicyclic) bond motifs is 1. The molecule has 6 nitrogen and oxygen atoms in total. The molecule has 3 rings (SSSR count). The van der Waals surface area contributed by atoms with E-state index in [1.807, 2.05) is 6.07 Å². The topological polar surface area (TPSA) is 72.2 Å². The first-order valence-corrected chi connectivity index (χ1v) is 8.57. The maximum Gasteiger partial charge on any atom is 0.433 e. The minimum absolute atomic E-state index is 0.0102. The lowest BCUT2D eigenvalue weighted by molar-refractivity contribution is -0.141. The standard InChI is InChI=1S/C14H9BrF3N5OS/c15-8-3-1-2-4-9(8)20-12(24)6-25-13-21-11-5-10(14(16,17)18)19-7-23(11)22-13/h1-5,7H,6H2,(H,20,24). The highest BCUT2D eigenvalue weighted by atomic mass is 79.9. The Bertz CT molecular complexity index is 930. The van der Waals surface area contributed by atoms with Crippen molar-refractivity contribution in [2.45, 2.75) is 11.3 Å². The number of nitrogens with one attached hydrogen (secondary N) is 1. The molecule has 0 saturated carbocycles. The van der Waals surface area contributed by atoms with Crippen molar-refractivity contribution in [3.63, 3.8) is 0 Å². The molecule has 3 aromatic rings. The first-order valence-electron chi connectivity index (χ1n) is 6.80. The van der Waals surface area contributed by atoms with Crippen LogP contribution in [0.25, 0.3) is 5.65 Å². The predicted octanol–water partition coefficient (Wildman–Crippen LogP) is 3.64. The number of halogens is 4. The maximum atomic E-state index is 12.6. The van der Waals surface area contributed by atoms with Gasteiger partial charge < -0.3 is 5.32 Å². The molecule has 11 heteroatoms. The monoisotopic (exact) mass is 431 g/mol. The van der Waals surface area contributed by atoms with Crippen molar-refractivity contribution in [1.29, 1.82) is 0 Å². The van der Waals surface area contributed by atoms with Crippen molar-refractivity contribution >= 4 is 44.9 Å². The summed E-state index contributed by atoms with van der Waals surface area (Å²) in [6.07, 6.45) is -3.61. The molecule has 0 unspecified atom stereocenters. The Labute approximate surface area is 152 Å². The van der Waals surface area contributed by atoms with E-state index in [0.29, 0.717) is 5.69 Å². The van der Waals surface area contributed by atoms with E-state index in [1.165, 1.54) is 0 Å². The Kier molecular flexibility index (Phi) is 4.95. The van der Waals surface area contributed by atoms with Gasteiger partial charge in [0.1, 0.15) is 12.0 Å². The minimum Gasteiger partial charge on any atom is -0.324 e. The lowest BCUT2D eigenvalue weighted by Gasteiger charge is -2.05. The molecular weight excluding hydrogens is 423 g/mol. The van der Waals surface area contributed by atoms with Crippen LogP contribution in [0.3, 0.4) is 0 Å². The third-order valence-corrected chi connectivity index (χ3v) is 4.51. The van der Waals surface area contributed by atoms with Crippen LogP contribution in [0.2, 0.25) is 0 Å². The van der Waals surface area contributed by atoms with Crippen LogP contribution in [-0.4, -0.2) is 31.2 Å². The average molecular weight is 432 g/mol. The van der Waals surface area contributed by atoms with Crippen molar-refractivity contribution in [2.24, 2.45) is 0 Å². The summed E-state index contributed by atoms with van der Waals surface area (Å²) in [5.41, 5.74) is -0.415. The van der Waals surface area contributed by atoms with Crippen molar-refractivity contribution < 1.29 is 18.0 Å². The molecule has 0 saturated heterocycles. The lowest BCUT2D eigenvalue weighted by atomic mass is 10.3. The number of benzene rings is 1. The largest absolute Gasteiger partial charge is 0.433 e. The highest BCUT2D eigenvalue weighted by Gasteiger charge is 2.33. The van der Waals surface area contributed by atoms with Gasteiger partial charge in [0.2, 0.25) is 11.1 Å². The number of nitrogens with zero attached hydrogens (tertiary/aromatic N) is 4. The fraction of sp³-hybridized carbons (Fsp3) is 0.143. The van der Waals surface area contributed by atoms with E-state index < -0.39 is 11.9 Å². The maximum absolute atomic E-state index is 12.6. The third kappa shape index (κ3) is 4.28. The van der Waals surface area contributed by atoms with E-state index in [9.17, 15) is 18.0 Å². The minimum atomic E-state index is -4.55. The molecule has 0 spiro atoms. The lowest BCUT2D eigenvalue weighted by Crippen LogP contribution is -2.14. The molecule has 25 heavy (non-hydrogen) atoms. The number of carbonyl (C=O) groups is 1. The molecule has 0 fully saturated rings. The molecule has 0 aliphatic heterocycles.